The topological polar surface area (TPSA) is 92.8 Å². The number of carbonyl (C=O) groups excluding carboxylic acids is 1. The van der Waals surface area contributed by atoms with Crippen LogP contribution in [0.3, 0.4) is 0 Å². The van der Waals surface area contributed by atoms with Gasteiger partial charge < -0.3 is 20.7 Å². The number of hydrogen-bond acceptors (Lipinski definition) is 6. The summed E-state index contributed by atoms with van der Waals surface area (Å²) in [6, 6.07) is 2.26. The van der Waals surface area contributed by atoms with Crippen LogP contribution in [0.15, 0.2) is 12.1 Å². The minimum atomic E-state index is -2.04. The second kappa shape index (κ2) is 12.9. The summed E-state index contributed by atoms with van der Waals surface area (Å²) in [5.41, 5.74) is 5.74. The number of thiophene rings is 1. The molecule has 0 bridgehead atoms. The van der Waals surface area contributed by atoms with Crippen molar-refractivity contribution in [1.82, 2.24) is 0 Å². The first-order chi connectivity index (χ1) is 12.9. The summed E-state index contributed by atoms with van der Waals surface area (Å²) in [7, 11) is 0. The highest BCUT2D eigenvalue weighted by Crippen LogP contribution is 2.32. The Labute approximate surface area is 166 Å². The van der Waals surface area contributed by atoms with Gasteiger partial charge in [-0.2, -0.15) is 0 Å². The van der Waals surface area contributed by atoms with Crippen molar-refractivity contribution in [3.05, 3.63) is 21.9 Å². The molecule has 2 unspecified atom stereocenters. The molecule has 4 N–H and O–H groups in total. The van der Waals surface area contributed by atoms with Crippen molar-refractivity contribution < 1.29 is 19.7 Å². The molecule has 0 spiro atoms. The van der Waals surface area contributed by atoms with Crippen LogP contribution >= 0.6 is 11.3 Å². The van der Waals surface area contributed by atoms with Crippen LogP contribution in [0, 0.1) is 11.8 Å². The Balaban J connectivity index is 2.48. The van der Waals surface area contributed by atoms with Gasteiger partial charge in [0.1, 0.15) is 0 Å². The van der Waals surface area contributed by atoms with Crippen LogP contribution in [0.2, 0.25) is 0 Å². The Hall–Kier alpha value is -1.39. The molecule has 0 aliphatic rings. The Morgan fingerprint density at radius 3 is 2.44 bits per heavy atom. The van der Waals surface area contributed by atoms with Crippen molar-refractivity contribution in [3.8, 4) is 11.8 Å². The molecule has 1 aromatic heterocycles. The molecular weight excluding hydrogens is 362 g/mol. The van der Waals surface area contributed by atoms with Crippen LogP contribution in [-0.2, 0) is 15.3 Å². The number of rotatable bonds is 12. The fourth-order valence-corrected chi connectivity index (χ4v) is 3.72. The molecule has 152 valence electrons. The van der Waals surface area contributed by atoms with E-state index in [2.05, 4.69) is 18.8 Å². The van der Waals surface area contributed by atoms with E-state index in [1.807, 2.05) is 0 Å². The Bertz CT molecular complexity index is 619. The average molecular weight is 396 g/mol. The molecule has 0 aliphatic carbocycles. The van der Waals surface area contributed by atoms with Crippen molar-refractivity contribution >= 4 is 17.3 Å². The number of carbonyl (C=O) groups is 1. The number of aliphatic hydroxyl groups is 2. The molecule has 1 heterocycles. The van der Waals surface area contributed by atoms with Gasteiger partial charge in [0, 0.05) is 13.3 Å². The van der Waals surface area contributed by atoms with Crippen LogP contribution in [0.4, 0.5) is 0 Å². The summed E-state index contributed by atoms with van der Waals surface area (Å²) in [6.45, 7) is 2.90. The largest absolute Gasteiger partial charge is 0.426 e. The lowest BCUT2D eigenvalue weighted by molar-refractivity contribution is -0.224. The van der Waals surface area contributed by atoms with Crippen molar-refractivity contribution in [3.63, 3.8) is 0 Å². The first kappa shape index (κ1) is 23.6. The lowest BCUT2D eigenvalue weighted by Crippen LogP contribution is -2.50. The van der Waals surface area contributed by atoms with E-state index in [-0.39, 0.29) is 0 Å². The number of hydrogen-bond donors (Lipinski definition) is 3. The van der Waals surface area contributed by atoms with Crippen molar-refractivity contribution in [2.75, 3.05) is 6.61 Å². The van der Waals surface area contributed by atoms with Crippen LogP contribution in [0.1, 0.15) is 81.4 Å². The van der Waals surface area contributed by atoms with Crippen LogP contribution < -0.4 is 5.73 Å². The summed E-state index contributed by atoms with van der Waals surface area (Å²) in [6.07, 6.45) is 11.0. The molecular formula is C21H33NO4S. The second-order valence-corrected chi connectivity index (χ2v) is 7.85. The predicted octanol–water partition coefficient (Wildman–Crippen LogP) is 3.66. The van der Waals surface area contributed by atoms with E-state index in [0.29, 0.717) is 4.88 Å². The molecule has 6 heteroatoms. The average Bonchev–Trinajstić information content (AvgIpc) is 3.11. The van der Waals surface area contributed by atoms with Gasteiger partial charge in [-0.15, -0.1) is 11.3 Å². The lowest BCUT2D eigenvalue weighted by Gasteiger charge is -2.30. The van der Waals surface area contributed by atoms with Crippen molar-refractivity contribution in [2.24, 2.45) is 5.73 Å². The number of ether oxygens (including phenoxy) is 1. The molecule has 0 amide bonds. The third-order valence-corrected chi connectivity index (χ3v) is 5.43. The molecule has 0 aliphatic heterocycles. The highest BCUT2D eigenvalue weighted by atomic mass is 32.1. The molecule has 2 atom stereocenters. The Morgan fingerprint density at radius 1 is 1.22 bits per heavy atom. The van der Waals surface area contributed by atoms with Gasteiger partial charge in [-0.25, -0.2) is 0 Å². The maximum absolute atomic E-state index is 11.3. The number of nitrogens with two attached hydrogens (primary N) is 1. The van der Waals surface area contributed by atoms with E-state index in [4.69, 9.17) is 10.5 Å². The molecule has 0 saturated heterocycles. The van der Waals surface area contributed by atoms with E-state index >= 15 is 0 Å². The molecule has 5 nitrogen and oxygen atoms in total. The second-order valence-electron chi connectivity index (χ2n) is 6.77. The zero-order valence-corrected chi connectivity index (χ0v) is 17.3. The molecule has 0 aromatic carbocycles. The van der Waals surface area contributed by atoms with Gasteiger partial charge in [0.05, 0.1) is 22.4 Å². The SMILES string of the molecule is CCCCCCCCCCC#Cc1ccc(C(O)(OC(C)=O)C(N)CO)s1. The standard InChI is InChI=1S/C21H33NO4S/c1-3-4-5-6-7-8-9-10-11-12-13-18-14-15-20(27-18)21(25,19(22)16-23)26-17(2)24/h14-15,19,23,25H,3-11,16,22H2,1-2H3. The zero-order chi connectivity index (χ0) is 20.1. The third-order valence-electron chi connectivity index (χ3n) is 4.32. The van der Waals surface area contributed by atoms with Crippen LogP contribution in [-0.4, -0.2) is 28.8 Å². The van der Waals surface area contributed by atoms with Gasteiger partial charge in [0.15, 0.2) is 0 Å². The summed E-state index contributed by atoms with van der Waals surface area (Å²) in [5, 5.41) is 19.9. The van der Waals surface area contributed by atoms with Crippen LogP contribution in [0.25, 0.3) is 0 Å². The van der Waals surface area contributed by atoms with Gasteiger partial charge in [0.25, 0.3) is 5.79 Å². The van der Waals surface area contributed by atoms with Gasteiger partial charge in [0.2, 0.25) is 0 Å². The Morgan fingerprint density at radius 2 is 1.85 bits per heavy atom. The Kier molecular flexibility index (Phi) is 11.3. The normalized spacial score (nSPS) is 14.1. The molecule has 27 heavy (non-hydrogen) atoms. The first-order valence-electron chi connectivity index (χ1n) is 9.81. The van der Waals surface area contributed by atoms with Gasteiger partial charge in [-0.05, 0) is 18.6 Å². The van der Waals surface area contributed by atoms with Gasteiger partial charge >= 0.3 is 5.97 Å². The molecule has 0 saturated carbocycles. The zero-order valence-electron chi connectivity index (χ0n) is 16.5. The minimum Gasteiger partial charge on any atom is -0.426 e. The monoisotopic (exact) mass is 395 g/mol. The smallest absolute Gasteiger partial charge is 0.305 e. The fraction of sp³-hybridized carbons (Fsp3) is 0.667. The van der Waals surface area contributed by atoms with E-state index < -0.39 is 24.4 Å². The summed E-state index contributed by atoms with van der Waals surface area (Å²) < 4.78 is 4.99. The summed E-state index contributed by atoms with van der Waals surface area (Å²) in [4.78, 5) is 12.4. The highest BCUT2D eigenvalue weighted by molar-refractivity contribution is 7.12. The number of esters is 1. The van der Waals surface area contributed by atoms with E-state index in [1.165, 1.54) is 63.2 Å². The molecule has 0 fully saturated rings. The van der Waals surface area contributed by atoms with Gasteiger partial charge in [-0.3, -0.25) is 4.79 Å². The fourth-order valence-electron chi connectivity index (χ4n) is 2.75. The third kappa shape index (κ3) is 8.44. The maximum Gasteiger partial charge on any atom is 0.305 e. The van der Waals surface area contributed by atoms with Gasteiger partial charge in [-0.1, -0.05) is 63.7 Å². The maximum atomic E-state index is 11.3. The number of aliphatic hydroxyl groups excluding tert-OH is 1. The molecule has 0 radical (unpaired) electrons. The van der Waals surface area contributed by atoms with Crippen LogP contribution in [0.5, 0.6) is 0 Å². The number of unbranched alkanes of at least 4 members (excludes halogenated alkanes) is 8. The summed E-state index contributed by atoms with van der Waals surface area (Å²) in [5.74, 6) is 3.52. The predicted molar refractivity (Wildman–Crippen MR) is 109 cm³/mol. The summed E-state index contributed by atoms with van der Waals surface area (Å²) >= 11 is 1.21. The molecule has 1 rings (SSSR count). The highest BCUT2D eigenvalue weighted by Gasteiger charge is 2.41. The van der Waals surface area contributed by atoms with Crippen molar-refractivity contribution in [2.45, 2.75) is 83.5 Å². The van der Waals surface area contributed by atoms with E-state index in [9.17, 15) is 15.0 Å². The molecule has 1 aromatic rings. The first-order valence-corrected chi connectivity index (χ1v) is 10.6. The van der Waals surface area contributed by atoms with E-state index in [0.717, 1.165) is 17.7 Å². The minimum absolute atomic E-state index is 0.357. The quantitative estimate of drug-likeness (QED) is 0.217. The lowest BCUT2D eigenvalue weighted by atomic mass is 10.1. The van der Waals surface area contributed by atoms with E-state index in [1.54, 1.807) is 12.1 Å². The van der Waals surface area contributed by atoms with Crippen molar-refractivity contribution in [1.29, 1.82) is 0 Å².